The van der Waals surface area contributed by atoms with E-state index in [2.05, 4.69) is 32.0 Å². The van der Waals surface area contributed by atoms with Crippen LogP contribution in [0.5, 0.6) is 0 Å². The molecule has 1 heterocycles. The van der Waals surface area contributed by atoms with Crippen molar-refractivity contribution in [2.24, 2.45) is 5.41 Å². The summed E-state index contributed by atoms with van der Waals surface area (Å²) in [6.45, 7) is 6.11. The van der Waals surface area contributed by atoms with Crippen molar-refractivity contribution in [2.45, 2.75) is 33.1 Å². The molecule has 0 aromatic heterocycles. The van der Waals surface area contributed by atoms with Gasteiger partial charge in [-0.1, -0.05) is 18.2 Å². The monoisotopic (exact) mass is 234 g/mol. The molecular weight excluding hydrogens is 212 g/mol. The summed E-state index contributed by atoms with van der Waals surface area (Å²) in [7, 11) is 0. The first-order valence-electron chi connectivity index (χ1n) is 6.40. The van der Waals surface area contributed by atoms with Crippen LogP contribution in [0.2, 0.25) is 0 Å². The molecule has 2 rings (SSSR count). The summed E-state index contributed by atoms with van der Waals surface area (Å²) < 4.78 is 5.40. The lowest BCUT2D eigenvalue weighted by Crippen LogP contribution is -2.35. The Morgan fingerprint density at radius 2 is 1.88 bits per heavy atom. The minimum atomic E-state index is 0.0416. The van der Waals surface area contributed by atoms with Crippen molar-refractivity contribution in [3.63, 3.8) is 0 Å². The summed E-state index contributed by atoms with van der Waals surface area (Å²) in [5.74, 6) is 0. The number of aliphatic hydroxyl groups excluding tert-OH is 1. The van der Waals surface area contributed by atoms with E-state index in [9.17, 15) is 5.11 Å². The summed E-state index contributed by atoms with van der Waals surface area (Å²) in [6, 6.07) is 6.62. The van der Waals surface area contributed by atoms with E-state index in [0.29, 0.717) is 0 Å². The molecule has 0 atom stereocenters. The van der Waals surface area contributed by atoms with E-state index in [0.717, 1.165) is 32.5 Å². The number of hydrogen-bond donors (Lipinski definition) is 1. The second-order valence-corrected chi connectivity index (χ2v) is 5.37. The molecule has 0 amide bonds. The number of aryl methyl sites for hydroxylation is 2. The average Bonchev–Trinajstić information content (AvgIpc) is 2.35. The first-order valence-corrected chi connectivity index (χ1v) is 6.40. The highest BCUT2D eigenvalue weighted by molar-refractivity contribution is 5.30. The van der Waals surface area contributed by atoms with Crippen LogP contribution in [-0.4, -0.2) is 24.9 Å². The predicted molar refractivity (Wildman–Crippen MR) is 69.2 cm³/mol. The first kappa shape index (κ1) is 12.6. The molecule has 1 aliphatic rings. The molecule has 2 heteroatoms. The molecule has 1 aromatic rings. The van der Waals surface area contributed by atoms with Crippen molar-refractivity contribution in [2.75, 3.05) is 19.8 Å². The Morgan fingerprint density at radius 3 is 2.47 bits per heavy atom. The lowest BCUT2D eigenvalue weighted by molar-refractivity contribution is -0.0157. The van der Waals surface area contributed by atoms with Gasteiger partial charge >= 0.3 is 0 Å². The Morgan fingerprint density at radius 1 is 1.18 bits per heavy atom. The number of ether oxygens (including phenoxy) is 1. The first-order chi connectivity index (χ1) is 8.15. The van der Waals surface area contributed by atoms with Crippen LogP contribution in [0.15, 0.2) is 18.2 Å². The molecule has 0 bridgehead atoms. The van der Waals surface area contributed by atoms with Gasteiger partial charge in [-0.2, -0.15) is 0 Å². The highest BCUT2D eigenvalue weighted by Crippen LogP contribution is 2.34. The number of aliphatic hydroxyl groups is 1. The molecule has 1 aromatic carbocycles. The van der Waals surface area contributed by atoms with Crippen molar-refractivity contribution >= 4 is 0 Å². The molecule has 17 heavy (non-hydrogen) atoms. The van der Waals surface area contributed by atoms with Gasteiger partial charge in [0.05, 0.1) is 0 Å². The molecule has 1 aliphatic heterocycles. The topological polar surface area (TPSA) is 29.5 Å². The van der Waals surface area contributed by atoms with E-state index in [4.69, 9.17) is 4.74 Å². The van der Waals surface area contributed by atoms with Crippen LogP contribution in [0.3, 0.4) is 0 Å². The van der Waals surface area contributed by atoms with E-state index < -0.39 is 0 Å². The fourth-order valence-corrected chi connectivity index (χ4v) is 2.54. The lowest BCUT2D eigenvalue weighted by Gasteiger charge is -2.35. The van der Waals surface area contributed by atoms with Gasteiger partial charge < -0.3 is 9.84 Å². The van der Waals surface area contributed by atoms with Gasteiger partial charge in [0.2, 0.25) is 0 Å². The van der Waals surface area contributed by atoms with Crippen molar-refractivity contribution in [3.05, 3.63) is 34.9 Å². The maximum atomic E-state index is 9.67. The Kier molecular flexibility index (Phi) is 3.85. The number of rotatable bonds is 3. The van der Waals surface area contributed by atoms with Crippen LogP contribution in [0.4, 0.5) is 0 Å². The molecule has 1 N–H and O–H groups in total. The second-order valence-electron chi connectivity index (χ2n) is 5.37. The number of hydrogen-bond acceptors (Lipinski definition) is 2. The molecule has 0 spiro atoms. The zero-order chi connectivity index (χ0) is 12.3. The zero-order valence-electron chi connectivity index (χ0n) is 10.8. The summed E-state index contributed by atoms with van der Waals surface area (Å²) in [4.78, 5) is 0. The normalized spacial score (nSPS) is 19.2. The maximum absolute atomic E-state index is 9.67. The van der Waals surface area contributed by atoms with Gasteiger partial charge in [0.1, 0.15) is 0 Å². The lowest BCUT2D eigenvalue weighted by atomic mass is 9.76. The van der Waals surface area contributed by atoms with E-state index in [1.54, 1.807) is 0 Å². The Bertz CT molecular complexity index is 379. The smallest absolute Gasteiger partial charge is 0.0492 e. The summed E-state index contributed by atoms with van der Waals surface area (Å²) in [6.07, 6.45) is 2.90. The predicted octanol–water partition coefficient (Wildman–Crippen LogP) is 2.64. The molecule has 1 saturated heterocycles. The number of benzene rings is 1. The van der Waals surface area contributed by atoms with Crippen LogP contribution >= 0.6 is 0 Å². The summed E-state index contributed by atoms with van der Waals surface area (Å²) in [5, 5.41) is 9.67. The van der Waals surface area contributed by atoms with E-state index in [1.807, 2.05) is 0 Å². The minimum absolute atomic E-state index is 0.0416. The highest BCUT2D eigenvalue weighted by Gasteiger charge is 2.32. The van der Waals surface area contributed by atoms with Gasteiger partial charge in [0, 0.05) is 25.2 Å². The largest absolute Gasteiger partial charge is 0.396 e. The Hall–Kier alpha value is -0.860. The third-order valence-corrected chi connectivity index (χ3v) is 4.04. The SMILES string of the molecule is Cc1ccc(CC2(CO)CCOCC2)cc1C. The van der Waals surface area contributed by atoms with Gasteiger partial charge in [-0.15, -0.1) is 0 Å². The van der Waals surface area contributed by atoms with Crippen LogP contribution in [0.25, 0.3) is 0 Å². The van der Waals surface area contributed by atoms with Gasteiger partial charge in [-0.05, 0) is 49.8 Å². The third-order valence-electron chi connectivity index (χ3n) is 4.04. The molecule has 0 saturated carbocycles. The van der Waals surface area contributed by atoms with Crippen LogP contribution in [0.1, 0.15) is 29.5 Å². The highest BCUT2D eigenvalue weighted by atomic mass is 16.5. The Labute approximate surface area is 104 Å². The molecule has 0 unspecified atom stereocenters. The summed E-state index contributed by atoms with van der Waals surface area (Å²) >= 11 is 0. The molecule has 1 fully saturated rings. The van der Waals surface area contributed by atoms with Gasteiger partial charge in [-0.3, -0.25) is 0 Å². The van der Waals surface area contributed by atoms with Crippen LogP contribution in [0, 0.1) is 19.3 Å². The van der Waals surface area contributed by atoms with Crippen molar-refractivity contribution in [3.8, 4) is 0 Å². The van der Waals surface area contributed by atoms with E-state index >= 15 is 0 Å². The molecular formula is C15H22O2. The third kappa shape index (κ3) is 2.88. The van der Waals surface area contributed by atoms with Crippen molar-refractivity contribution < 1.29 is 9.84 Å². The van der Waals surface area contributed by atoms with Gasteiger partial charge in [0.15, 0.2) is 0 Å². The average molecular weight is 234 g/mol. The molecule has 2 nitrogen and oxygen atoms in total. The van der Waals surface area contributed by atoms with E-state index in [-0.39, 0.29) is 12.0 Å². The Balaban J connectivity index is 2.14. The fraction of sp³-hybridized carbons (Fsp3) is 0.600. The van der Waals surface area contributed by atoms with Crippen LogP contribution < -0.4 is 0 Å². The zero-order valence-corrected chi connectivity index (χ0v) is 10.8. The molecule has 94 valence electrons. The van der Waals surface area contributed by atoms with Gasteiger partial charge in [-0.25, -0.2) is 0 Å². The van der Waals surface area contributed by atoms with E-state index in [1.165, 1.54) is 16.7 Å². The molecule has 0 radical (unpaired) electrons. The van der Waals surface area contributed by atoms with Crippen LogP contribution in [-0.2, 0) is 11.2 Å². The van der Waals surface area contributed by atoms with Gasteiger partial charge in [0.25, 0.3) is 0 Å². The quantitative estimate of drug-likeness (QED) is 0.871. The summed E-state index contributed by atoms with van der Waals surface area (Å²) in [5.41, 5.74) is 4.05. The minimum Gasteiger partial charge on any atom is -0.396 e. The standard InChI is InChI=1S/C15H22O2/c1-12-3-4-14(9-13(12)2)10-15(11-16)5-7-17-8-6-15/h3-4,9,16H,5-8,10-11H2,1-2H3. The fourth-order valence-electron chi connectivity index (χ4n) is 2.54. The van der Waals surface area contributed by atoms with Crippen molar-refractivity contribution in [1.29, 1.82) is 0 Å². The maximum Gasteiger partial charge on any atom is 0.0492 e. The van der Waals surface area contributed by atoms with Crippen molar-refractivity contribution in [1.82, 2.24) is 0 Å². The second kappa shape index (κ2) is 5.19. The molecule has 0 aliphatic carbocycles.